The molecule has 0 aliphatic heterocycles. The van der Waals surface area contributed by atoms with Gasteiger partial charge in [0.1, 0.15) is 11.5 Å². The van der Waals surface area contributed by atoms with E-state index in [0.717, 1.165) is 0 Å². The van der Waals surface area contributed by atoms with Crippen LogP contribution in [-0.4, -0.2) is 41.0 Å². The van der Waals surface area contributed by atoms with Crippen LogP contribution in [0.5, 0.6) is 11.5 Å². The van der Waals surface area contributed by atoms with Crippen LogP contribution in [0.3, 0.4) is 0 Å². The van der Waals surface area contributed by atoms with Crippen molar-refractivity contribution in [3.05, 3.63) is 78.4 Å². The fraction of sp³-hybridized carbons (Fsp3) is 0.167. The van der Waals surface area contributed by atoms with E-state index in [0.29, 0.717) is 11.3 Å². The molecule has 0 radical (unpaired) electrons. The number of anilines is 2. The van der Waals surface area contributed by atoms with Crippen molar-refractivity contribution in [3.63, 3.8) is 0 Å². The summed E-state index contributed by atoms with van der Waals surface area (Å²) in [5.41, 5.74) is 0.954. The number of carbonyl (C=O) groups is 2. The second-order valence-electron chi connectivity index (χ2n) is 7.09. The number of rotatable bonds is 10. The maximum atomic E-state index is 12.9. The highest BCUT2D eigenvalue weighted by molar-refractivity contribution is 7.92. The molecule has 0 saturated heterocycles. The minimum absolute atomic E-state index is 0.0157. The second kappa shape index (κ2) is 11.2. The lowest BCUT2D eigenvalue weighted by molar-refractivity contribution is -0.116. The summed E-state index contributed by atoms with van der Waals surface area (Å²) in [4.78, 5) is 24.4. The van der Waals surface area contributed by atoms with Gasteiger partial charge in [-0.25, -0.2) is 8.42 Å². The van der Waals surface area contributed by atoms with Crippen LogP contribution in [0.1, 0.15) is 16.8 Å². The number of hydrogen-bond acceptors (Lipinski definition) is 6. The molecule has 3 rings (SSSR count). The Balaban J connectivity index is 1.68. The largest absolute Gasteiger partial charge is 0.495 e. The van der Waals surface area contributed by atoms with E-state index in [2.05, 4.69) is 15.4 Å². The van der Waals surface area contributed by atoms with Crippen LogP contribution in [0.15, 0.2) is 77.7 Å². The van der Waals surface area contributed by atoms with Gasteiger partial charge in [0, 0.05) is 18.5 Å². The smallest absolute Gasteiger partial charge is 0.262 e. The Bertz CT molecular complexity index is 1260. The minimum Gasteiger partial charge on any atom is -0.495 e. The Kier molecular flexibility index (Phi) is 8.10. The van der Waals surface area contributed by atoms with Crippen LogP contribution in [0.2, 0.25) is 0 Å². The molecule has 10 heteroatoms. The third-order valence-electron chi connectivity index (χ3n) is 4.78. The van der Waals surface area contributed by atoms with Crippen LogP contribution < -0.4 is 24.8 Å². The molecule has 0 unspecified atom stereocenters. The van der Waals surface area contributed by atoms with Crippen molar-refractivity contribution in [1.29, 1.82) is 0 Å². The number of methoxy groups -OCH3 is 2. The maximum absolute atomic E-state index is 12.9. The quantitative estimate of drug-likeness (QED) is 0.407. The predicted molar refractivity (Wildman–Crippen MR) is 129 cm³/mol. The monoisotopic (exact) mass is 483 g/mol. The maximum Gasteiger partial charge on any atom is 0.262 e. The molecule has 0 spiro atoms. The summed E-state index contributed by atoms with van der Waals surface area (Å²) in [6.07, 6.45) is -0.0157. The van der Waals surface area contributed by atoms with E-state index in [-0.39, 0.29) is 40.9 Å². The highest BCUT2D eigenvalue weighted by Gasteiger charge is 2.19. The van der Waals surface area contributed by atoms with Crippen molar-refractivity contribution in [2.75, 3.05) is 30.8 Å². The lowest BCUT2D eigenvalue weighted by atomic mass is 10.2. The molecule has 0 aliphatic carbocycles. The molecule has 0 heterocycles. The first-order valence-corrected chi connectivity index (χ1v) is 11.8. The van der Waals surface area contributed by atoms with Crippen molar-refractivity contribution in [3.8, 4) is 11.5 Å². The lowest BCUT2D eigenvalue weighted by Crippen LogP contribution is -2.27. The lowest BCUT2D eigenvalue weighted by Gasteiger charge is -2.15. The predicted octanol–water partition coefficient (Wildman–Crippen LogP) is 3.26. The zero-order chi connectivity index (χ0) is 24.6. The van der Waals surface area contributed by atoms with E-state index in [4.69, 9.17) is 9.47 Å². The summed E-state index contributed by atoms with van der Waals surface area (Å²) in [6, 6.07) is 19.4. The Morgan fingerprint density at radius 3 is 2.18 bits per heavy atom. The average molecular weight is 484 g/mol. The first-order valence-electron chi connectivity index (χ1n) is 10.3. The Hall–Kier alpha value is -4.05. The number of benzene rings is 3. The van der Waals surface area contributed by atoms with Gasteiger partial charge >= 0.3 is 0 Å². The van der Waals surface area contributed by atoms with Crippen LogP contribution in [0, 0.1) is 0 Å². The molecular weight excluding hydrogens is 458 g/mol. The van der Waals surface area contributed by atoms with E-state index >= 15 is 0 Å². The van der Waals surface area contributed by atoms with E-state index < -0.39 is 15.9 Å². The van der Waals surface area contributed by atoms with Crippen LogP contribution in [0.25, 0.3) is 0 Å². The van der Waals surface area contributed by atoms with E-state index in [1.165, 1.54) is 32.4 Å². The van der Waals surface area contributed by atoms with E-state index in [9.17, 15) is 18.0 Å². The molecule has 0 aromatic heterocycles. The molecule has 2 amide bonds. The van der Waals surface area contributed by atoms with Crippen LogP contribution in [0.4, 0.5) is 11.4 Å². The third kappa shape index (κ3) is 6.26. The van der Waals surface area contributed by atoms with Gasteiger partial charge in [0.2, 0.25) is 5.91 Å². The molecule has 0 fully saturated rings. The molecule has 3 aromatic carbocycles. The average Bonchev–Trinajstić information content (AvgIpc) is 2.84. The fourth-order valence-electron chi connectivity index (χ4n) is 3.08. The first-order chi connectivity index (χ1) is 16.3. The van der Waals surface area contributed by atoms with Gasteiger partial charge in [-0.15, -0.1) is 0 Å². The topological polar surface area (TPSA) is 123 Å². The van der Waals surface area contributed by atoms with Crippen molar-refractivity contribution >= 4 is 33.2 Å². The number of hydrogen-bond donors (Lipinski definition) is 3. The van der Waals surface area contributed by atoms with Gasteiger partial charge in [-0.2, -0.15) is 0 Å². The molecule has 34 heavy (non-hydrogen) atoms. The van der Waals surface area contributed by atoms with E-state index in [1.54, 1.807) is 54.6 Å². The summed E-state index contributed by atoms with van der Waals surface area (Å²) in [7, 11) is -1.13. The zero-order valence-electron chi connectivity index (χ0n) is 18.7. The van der Waals surface area contributed by atoms with Gasteiger partial charge < -0.3 is 20.1 Å². The second-order valence-corrected chi connectivity index (χ2v) is 8.77. The van der Waals surface area contributed by atoms with Gasteiger partial charge in [-0.1, -0.05) is 30.3 Å². The van der Waals surface area contributed by atoms with Crippen molar-refractivity contribution in [2.24, 2.45) is 0 Å². The zero-order valence-corrected chi connectivity index (χ0v) is 19.5. The summed E-state index contributed by atoms with van der Waals surface area (Å²) in [5, 5.41) is 5.31. The normalized spacial score (nSPS) is 10.8. The van der Waals surface area contributed by atoms with Gasteiger partial charge in [-0.3, -0.25) is 14.3 Å². The number of amides is 2. The SMILES string of the molecule is COc1ccc(S(=O)(=O)Nc2ccccc2OC)cc1NC(=O)CCNC(=O)c1ccccc1. The molecule has 3 aromatic rings. The van der Waals surface area contributed by atoms with Gasteiger partial charge in [0.15, 0.2) is 0 Å². The van der Waals surface area contributed by atoms with Crippen LogP contribution >= 0.6 is 0 Å². The Morgan fingerprint density at radius 2 is 1.47 bits per heavy atom. The highest BCUT2D eigenvalue weighted by atomic mass is 32.2. The molecule has 0 bridgehead atoms. The first kappa shape index (κ1) is 24.6. The van der Waals surface area contributed by atoms with E-state index in [1.807, 2.05) is 0 Å². The molecular formula is C24H25N3O6S. The van der Waals surface area contributed by atoms with Crippen molar-refractivity contribution < 1.29 is 27.5 Å². The molecule has 9 nitrogen and oxygen atoms in total. The number of carbonyl (C=O) groups excluding carboxylic acids is 2. The molecule has 178 valence electrons. The minimum atomic E-state index is -3.98. The summed E-state index contributed by atoms with van der Waals surface area (Å²) >= 11 is 0. The summed E-state index contributed by atoms with van der Waals surface area (Å²) in [6.45, 7) is 0.106. The van der Waals surface area contributed by atoms with Crippen molar-refractivity contribution in [2.45, 2.75) is 11.3 Å². The summed E-state index contributed by atoms with van der Waals surface area (Å²) < 4.78 is 38.8. The third-order valence-corrected chi connectivity index (χ3v) is 6.14. The molecule has 0 saturated carbocycles. The summed E-state index contributed by atoms with van der Waals surface area (Å²) in [5.74, 6) is -0.0519. The van der Waals surface area contributed by atoms with Crippen LogP contribution in [-0.2, 0) is 14.8 Å². The number of sulfonamides is 1. The fourth-order valence-corrected chi connectivity index (χ4v) is 4.17. The van der Waals surface area contributed by atoms with Crippen molar-refractivity contribution in [1.82, 2.24) is 5.32 Å². The van der Waals surface area contributed by atoms with Gasteiger partial charge in [0.05, 0.1) is 30.5 Å². The Labute approximate surface area is 198 Å². The van der Waals surface area contributed by atoms with Gasteiger partial charge in [0.25, 0.3) is 15.9 Å². The standard InChI is InChI=1S/C24H25N3O6S/c1-32-21-11-7-6-10-19(21)27-34(30,31)18-12-13-22(33-2)20(16-18)26-23(28)14-15-25-24(29)17-8-4-3-5-9-17/h3-13,16,27H,14-15H2,1-2H3,(H,25,29)(H,26,28). The number of ether oxygens (including phenoxy) is 2. The molecule has 3 N–H and O–H groups in total. The Morgan fingerprint density at radius 1 is 0.824 bits per heavy atom. The molecule has 0 atom stereocenters. The van der Waals surface area contributed by atoms with Gasteiger partial charge in [-0.05, 0) is 42.5 Å². The number of nitrogens with one attached hydrogen (secondary N) is 3. The highest BCUT2D eigenvalue weighted by Crippen LogP contribution is 2.30. The number of para-hydroxylation sites is 2. The molecule has 0 aliphatic rings.